The van der Waals surface area contributed by atoms with E-state index in [-0.39, 0.29) is 17.9 Å². The topological polar surface area (TPSA) is 103 Å². The average molecular weight is 448 g/mol. The summed E-state index contributed by atoms with van der Waals surface area (Å²) in [5.74, 6) is 2.11. The zero-order valence-electron chi connectivity index (χ0n) is 19.2. The molecule has 1 amide bonds. The molecule has 2 aromatic heterocycles. The molecule has 4 rings (SSSR count). The van der Waals surface area contributed by atoms with Crippen molar-refractivity contribution in [2.75, 3.05) is 25.9 Å². The van der Waals surface area contributed by atoms with Crippen LogP contribution >= 0.6 is 0 Å². The number of amides is 1. The van der Waals surface area contributed by atoms with E-state index in [4.69, 9.17) is 15.2 Å². The van der Waals surface area contributed by atoms with Crippen LogP contribution in [0.15, 0.2) is 48.7 Å². The van der Waals surface area contributed by atoms with E-state index in [0.29, 0.717) is 41.8 Å². The summed E-state index contributed by atoms with van der Waals surface area (Å²) < 4.78 is 11.4. The van der Waals surface area contributed by atoms with Gasteiger partial charge < -0.3 is 20.1 Å². The van der Waals surface area contributed by atoms with Gasteiger partial charge in [0.1, 0.15) is 18.2 Å². The number of hydrogen-bond donors (Lipinski definition) is 1. The molecule has 0 aliphatic carbocycles. The van der Waals surface area contributed by atoms with E-state index in [1.807, 2.05) is 36.1 Å². The molecule has 3 aromatic rings. The molecule has 8 heteroatoms. The lowest BCUT2D eigenvalue weighted by atomic mass is 9.78. The zero-order valence-corrected chi connectivity index (χ0v) is 19.2. The number of nitrogens with zero attached hydrogens (tertiary/aromatic N) is 4. The predicted molar refractivity (Wildman–Crippen MR) is 125 cm³/mol. The molecule has 0 unspecified atom stereocenters. The van der Waals surface area contributed by atoms with Gasteiger partial charge in [0.05, 0.1) is 18.5 Å². The standard InChI is InChI=1S/C25H29N5O3/c1-17-28-22(14-23(26)29-17)25(2)10-6-12-30(16-25)24(31)18-8-9-20(32-3)21(13-18)33-15-19-7-4-5-11-27-19/h4-5,7-9,11,13-14H,6,10,12,15-16H2,1-3H3,(H2,26,28,29)/t25-/m1/s1. The molecule has 2 N–H and O–H groups in total. The number of aryl methyl sites for hydroxylation is 1. The van der Waals surface area contributed by atoms with Crippen molar-refractivity contribution in [2.24, 2.45) is 0 Å². The number of hydrogen-bond acceptors (Lipinski definition) is 7. The maximum absolute atomic E-state index is 13.4. The first kappa shape index (κ1) is 22.5. The Morgan fingerprint density at radius 2 is 2.03 bits per heavy atom. The van der Waals surface area contributed by atoms with Crippen molar-refractivity contribution < 1.29 is 14.3 Å². The van der Waals surface area contributed by atoms with Gasteiger partial charge >= 0.3 is 0 Å². The molecule has 1 aliphatic rings. The molecule has 8 nitrogen and oxygen atoms in total. The van der Waals surface area contributed by atoms with Crippen LogP contribution in [0.25, 0.3) is 0 Å². The largest absolute Gasteiger partial charge is 0.493 e. The lowest BCUT2D eigenvalue weighted by molar-refractivity contribution is 0.0647. The molecule has 1 aromatic carbocycles. The predicted octanol–water partition coefficient (Wildman–Crippen LogP) is 3.54. The van der Waals surface area contributed by atoms with Gasteiger partial charge in [-0.3, -0.25) is 9.78 Å². The Morgan fingerprint density at radius 3 is 2.76 bits per heavy atom. The van der Waals surface area contributed by atoms with Gasteiger partial charge in [0, 0.05) is 36.3 Å². The van der Waals surface area contributed by atoms with Crippen LogP contribution in [0.1, 0.15) is 47.3 Å². The zero-order chi connectivity index (χ0) is 23.4. The summed E-state index contributed by atoms with van der Waals surface area (Å²) in [6, 6.07) is 12.7. The molecule has 1 saturated heterocycles. The van der Waals surface area contributed by atoms with Crippen molar-refractivity contribution in [3.05, 3.63) is 71.4 Å². The smallest absolute Gasteiger partial charge is 0.254 e. The third-order valence-electron chi connectivity index (χ3n) is 5.97. The highest BCUT2D eigenvalue weighted by atomic mass is 16.5. The van der Waals surface area contributed by atoms with E-state index in [1.54, 1.807) is 31.5 Å². The van der Waals surface area contributed by atoms with Crippen LogP contribution in [-0.2, 0) is 12.0 Å². The minimum Gasteiger partial charge on any atom is -0.493 e. The van der Waals surface area contributed by atoms with Crippen molar-refractivity contribution in [3.63, 3.8) is 0 Å². The highest BCUT2D eigenvalue weighted by Crippen LogP contribution is 2.35. The summed E-state index contributed by atoms with van der Waals surface area (Å²) in [5, 5.41) is 0. The van der Waals surface area contributed by atoms with Gasteiger partial charge in [-0.1, -0.05) is 13.0 Å². The fraction of sp³-hybridized carbons (Fsp3) is 0.360. The number of likely N-dealkylation sites (tertiary alicyclic amines) is 1. The maximum Gasteiger partial charge on any atom is 0.254 e. The Kier molecular flexibility index (Phi) is 6.44. The first-order valence-corrected chi connectivity index (χ1v) is 11.0. The van der Waals surface area contributed by atoms with Crippen molar-refractivity contribution >= 4 is 11.7 Å². The Morgan fingerprint density at radius 1 is 1.18 bits per heavy atom. The monoisotopic (exact) mass is 447 g/mol. The second kappa shape index (κ2) is 9.44. The third-order valence-corrected chi connectivity index (χ3v) is 5.97. The van der Waals surface area contributed by atoms with E-state index in [2.05, 4.69) is 21.9 Å². The summed E-state index contributed by atoms with van der Waals surface area (Å²) in [6.45, 7) is 5.48. The molecule has 1 fully saturated rings. The van der Waals surface area contributed by atoms with Gasteiger partial charge in [-0.2, -0.15) is 0 Å². The maximum atomic E-state index is 13.4. The highest BCUT2D eigenvalue weighted by Gasteiger charge is 2.36. The normalized spacial score (nSPS) is 18.1. The fourth-order valence-electron chi connectivity index (χ4n) is 4.26. The second-order valence-corrected chi connectivity index (χ2v) is 8.59. The number of rotatable bonds is 6. The number of aromatic nitrogens is 3. The SMILES string of the molecule is COc1ccc(C(=O)N2CCC[C@@](C)(c3cc(N)nc(C)n3)C2)cc1OCc1ccccn1. The van der Waals surface area contributed by atoms with E-state index < -0.39 is 0 Å². The van der Waals surface area contributed by atoms with Crippen LogP contribution in [-0.4, -0.2) is 46.0 Å². The number of ether oxygens (including phenoxy) is 2. The Bertz CT molecular complexity index is 1120. The van der Waals surface area contributed by atoms with E-state index >= 15 is 0 Å². The van der Waals surface area contributed by atoms with Gasteiger partial charge in [0.25, 0.3) is 5.91 Å². The Balaban J connectivity index is 1.54. The number of pyridine rings is 1. The molecule has 0 spiro atoms. The van der Waals surface area contributed by atoms with E-state index in [9.17, 15) is 4.79 Å². The average Bonchev–Trinajstić information content (AvgIpc) is 2.82. The lowest BCUT2D eigenvalue weighted by Crippen LogP contribution is -2.47. The molecular weight excluding hydrogens is 418 g/mol. The molecule has 33 heavy (non-hydrogen) atoms. The number of carbonyl (C=O) groups excluding carboxylic acids is 1. The van der Waals surface area contributed by atoms with Crippen LogP contribution in [0.5, 0.6) is 11.5 Å². The summed E-state index contributed by atoms with van der Waals surface area (Å²) in [5.41, 5.74) is 7.89. The van der Waals surface area contributed by atoms with Gasteiger partial charge in [-0.05, 0) is 50.1 Å². The van der Waals surface area contributed by atoms with Crippen molar-refractivity contribution in [3.8, 4) is 11.5 Å². The number of methoxy groups -OCH3 is 1. The third kappa shape index (κ3) is 5.05. The van der Waals surface area contributed by atoms with Gasteiger partial charge in [0.2, 0.25) is 0 Å². The lowest BCUT2D eigenvalue weighted by Gasteiger charge is -2.40. The second-order valence-electron chi connectivity index (χ2n) is 8.59. The molecule has 0 saturated carbocycles. The van der Waals surface area contributed by atoms with Crippen LogP contribution in [0.3, 0.4) is 0 Å². The molecule has 172 valence electrons. The molecule has 0 bridgehead atoms. The number of anilines is 1. The van der Waals surface area contributed by atoms with E-state index in [0.717, 1.165) is 24.2 Å². The first-order chi connectivity index (χ1) is 15.9. The van der Waals surface area contributed by atoms with Gasteiger partial charge in [0.15, 0.2) is 11.5 Å². The van der Waals surface area contributed by atoms with Crippen LogP contribution in [0.2, 0.25) is 0 Å². The van der Waals surface area contributed by atoms with Crippen LogP contribution in [0, 0.1) is 6.92 Å². The fourth-order valence-corrected chi connectivity index (χ4v) is 4.26. The highest BCUT2D eigenvalue weighted by molar-refractivity contribution is 5.95. The van der Waals surface area contributed by atoms with Gasteiger partial charge in [-0.25, -0.2) is 9.97 Å². The Hall–Kier alpha value is -3.68. The number of piperidine rings is 1. The Labute approximate surface area is 193 Å². The summed E-state index contributed by atoms with van der Waals surface area (Å²) >= 11 is 0. The quantitative estimate of drug-likeness (QED) is 0.616. The molecule has 1 atom stereocenters. The molecule has 0 radical (unpaired) electrons. The van der Waals surface area contributed by atoms with Crippen molar-refractivity contribution in [1.82, 2.24) is 19.9 Å². The van der Waals surface area contributed by atoms with Crippen molar-refractivity contribution in [1.29, 1.82) is 0 Å². The number of nitrogen functional groups attached to an aromatic ring is 1. The number of nitrogens with two attached hydrogens (primary N) is 1. The number of benzene rings is 1. The number of carbonyl (C=O) groups is 1. The van der Waals surface area contributed by atoms with Gasteiger partial charge in [-0.15, -0.1) is 0 Å². The summed E-state index contributed by atoms with van der Waals surface area (Å²) in [4.78, 5) is 28.4. The van der Waals surface area contributed by atoms with Crippen LogP contribution in [0.4, 0.5) is 5.82 Å². The first-order valence-electron chi connectivity index (χ1n) is 11.0. The van der Waals surface area contributed by atoms with Crippen LogP contribution < -0.4 is 15.2 Å². The minimum atomic E-state index is -0.291. The molecular formula is C25H29N5O3. The molecule has 3 heterocycles. The summed E-state index contributed by atoms with van der Waals surface area (Å²) in [6.07, 6.45) is 3.52. The molecule has 1 aliphatic heterocycles. The minimum absolute atomic E-state index is 0.0509. The van der Waals surface area contributed by atoms with Crippen molar-refractivity contribution in [2.45, 2.75) is 38.7 Å². The summed E-state index contributed by atoms with van der Waals surface area (Å²) in [7, 11) is 1.58. The van der Waals surface area contributed by atoms with E-state index in [1.165, 1.54) is 0 Å².